The van der Waals surface area contributed by atoms with Crippen molar-refractivity contribution in [1.82, 2.24) is 5.43 Å². The van der Waals surface area contributed by atoms with Gasteiger partial charge in [-0.1, -0.05) is 22.0 Å². The lowest BCUT2D eigenvalue weighted by Gasteiger charge is -2.13. The molecule has 0 unspecified atom stereocenters. The van der Waals surface area contributed by atoms with Crippen LogP contribution in [0.4, 0.5) is 5.69 Å². The predicted molar refractivity (Wildman–Crippen MR) is 131 cm³/mol. The normalized spacial score (nSPS) is 14.2. The molecule has 0 fully saturated rings. The van der Waals surface area contributed by atoms with Crippen LogP contribution in [0.3, 0.4) is 0 Å². The second-order valence-electron chi connectivity index (χ2n) is 7.65. The molecule has 3 aromatic rings. The summed E-state index contributed by atoms with van der Waals surface area (Å²) in [7, 11) is 0. The Bertz CT molecular complexity index is 1230. The Kier molecular flexibility index (Phi) is 6.62. The molecule has 0 aliphatic heterocycles. The molecule has 0 radical (unpaired) electrons. The zero-order valence-corrected chi connectivity index (χ0v) is 20.8. The summed E-state index contributed by atoms with van der Waals surface area (Å²) in [4.78, 5) is 25.4. The average Bonchev–Trinajstić information content (AvgIpc) is 3.12. The number of hydrazone groups is 1. The fourth-order valence-electron chi connectivity index (χ4n) is 3.68. The largest absolute Gasteiger partial charge is 0.455 e. The standard InChI is InChI=1S/C24H21Br2N3O3/c1-13-6-11-18(17(26)12-13)27-24(31)22-14(2)21-19(4-3-5-20(21)32-22)28-29-23(30)15-7-9-16(25)10-8-15/h6-12H,3-5H2,1-2H3,(H,27,31)(H,29,30)/b28-19+. The van der Waals surface area contributed by atoms with Crippen LogP contribution in [0.25, 0.3) is 0 Å². The zero-order valence-electron chi connectivity index (χ0n) is 17.6. The van der Waals surface area contributed by atoms with Crippen LogP contribution in [-0.4, -0.2) is 17.5 Å². The number of amides is 2. The van der Waals surface area contributed by atoms with Gasteiger partial charge in [-0.25, -0.2) is 5.43 Å². The number of aryl methyl sites for hydroxylation is 2. The number of fused-ring (bicyclic) bond motifs is 1. The number of nitrogens with zero attached hydrogens (tertiary/aromatic N) is 1. The van der Waals surface area contributed by atoms with Gasteiger partial charge >= 0.3 is 0 Å². The van der Waals surface area contributed by atoms with E-state index >= 15 is 0 Å². The van der Waals surface area contributed by atoms with E-state index in [1.807, 2.05) is 32.0 Å². The van der Waals surface area contributed by atoms with E-state index in [0.717, 1.165) is 44.2 Å². The van der Waals surface area contributed by atoms with E-state index in [-0.39, 0.29) is 17.6 Å². The van der Waals surface area contributed by atoms with Gasteiger partial charge in [0.25, 0.3) is 11.8 Å². The van der Waals surface area contributed by atoms with E-state index in [2.05, 4.69) is 47.7 Å². The number of hydrogen-bond acceptors (Lipinski definition) is 4. The molecule has 8 heteroatoms. The molecule has 0 spiro atoms. The van der Waals surface area contributed by atoms with Crippen molar-refractivity contribution in [1.29, 1.82) is 0 Å². The Labute approximate surface area is 202 Å². The molecule has 0 saturated heterocycles. The summed E-state index contributed by atoms with van der Waals surface area (Å²) in [6.07, 6.45) is 2.24. The van der Waals surface area contributed by atoms with E-state index in [4.69, 9.17) is 4.42 Å². The topological polar surface area (TPSA) is 83.7 Å². The van der Waals surface area contributed by atoms with Gasteiger partial charge in [0.2, 0.25) is 0 Å². The first-order valence-corrected chi connectivity index (χ1v) is 11.7. The predicted octanol–water partition coefficient (Wildman–Crippen LogP) is 6.14. The van der Waals surface area contributed by atoms with E-state index in [0.29, 0.717) is 23.4 Å². The van der Waals surface area contributed by atoms with Crippen molar-refractivity contribution in [2.45, 2.75) is 33.1 Å². The molecular formula is C24H21Br2N3O3. The molecule has 1 aromatic heterocycles. The zero-order chi connectivity index (χ0) is 22.8. The van der Waals surface area contributed by atoms with E-state index in [1.54, 1.807) is 24.3 Å². The highest BCUT2D eigenvalue weighted by atomic mass is 79.9. The van der Waals surface area contributed by atoms with Gasteiger partial charge in [-0.05, 0) is 84.6 Å². The highest BCUT2D eigenvalue weighted by molar-refractivity contribution is 9.10. The molecule has 2 aromatic carbocycles. The van der Waals surface area contributed by atoms with Crippen LogP contribution in [0.5, 0.6) is 0 Å². The fraction of sp³-hybridized carbons (Fsp3) is 0.208. The lowest BCUT2D eigenvalue weighted by Crippen LogP contribution is -2.22. The molecule has 2 N–H and O–H groups in total. The van der Waals surface area contributed by atoms with Gasteiger partial charge in [-0.2, -0.15) is 5.10 Å². The van der Waals surface area contributed by atoms with Crippen LogP contribution in [0, 0.1) is 13.8 Å². The van der Waals surface area contributed by atoms with Gasteiger partial charge in [0.15, 0.2) is 5.76 Å². The molecule has 1 heterocycles. The Morgan fingerprint density at radius 3 is 2.47 bits per heavy atom. The quantitative estimate of drug-likeness (QED) is 0.377. The molecule has 1 aliphatic carbocycles. The van der Waals surface area contributed by atoms with Crippen molar-refractivity contribution in [2.75, 3.05) is 5.32 Å². The fourth-order valence-corrected chi connectivity index (χ4v) is 4.54. The molecule has 4 rings (SSSR count). The van der Waals surface area contributed by atoms with Gasteiger partial charge in [-0.3, -0.25) is 9.59 Å². The summed E-state index contributed by atoms with van der Waals surface area (Å²) < 4.78 is 7.64. The summed E-state index contributed by atoms with van der Waals surface area (Å²) in [5.74, 6) is 0.370. The first-order valence-electron chi connectivity index (χ1n) is 10.2. The SMILES string of the molecule is Cc1ccc(NC(=O)c2oc3c(c2C)/C(=N/NC(=O)c2ccc(Br)cc2)CCC3)c(Br)c1. The van der Waals surface area contributed by atoms with Gasteiger partial charge in [0, 0.05) is 32.1 Å². The summed E-state index contributed by atoms with van der Waals surface area (Å²) >= 11 is 6.84. The minimum atomic E-state index is -0.320. The molecule has 0 atom stereocenters. The van der Waals surface area contributed by atoms with Gasteiger partial charge in [-0.15, -0.1) is 0 Å². The number of nitrogens with one attached hydrogen (secondary N) is 2. The summed E-state index contributed by atoms with van der Waals surface area (Å²) in [6.45, 7) is 3.83. The van der Waals surface area contributed by atoms with Crippen LogP contribution < -0.4 is 10.7 Å². The highest BCUT2D eigenvalue weighted by Gasteiger charge is 2.28. The second-order valence-corrected chi connectivity index (χ2v) is 9.42. The Hall–Kier alpha value is -2.71. The number of carbonyl (C=O) groups is 2. The Balaban J connectivity index is 1.57. The molecule has 2 amide bonds. The minimum Gasteiger partial charge on any atom is -0.455 e. The van der Waals surface area contributed by atoms with E-state index < -0.39 is 0 Å². The smallest absolute Gasteiger partial charge is 0.291 e. The molecule has 164 valence electrons. The number of furan rings is 1. The van der Waals surface area contributed by atoms with Crippen LogP contribution in [0.15, 0.2) is 60.9 Å². The van der Waals surface area contributed by atoms with E-state index in [1.165, 1.54) is 0 Å². The summed E-state index contributed by atoms with van der Waals surface area (Å²) in [5, 5.41) is 7.27. The van der Waals surface area contributed by atoms with Crippen LogP contribution in [0.2, 0.25) is 0 Å². The van der Waals surface area contributed by atoms with Gasteiger partial charge in [0.1, 0.15) is 5.76 Å². The summed E-state index contributed by atoms with van der Waals surface area (Å²) in [6, 6.07) is 12.8. The Morgan fingerprint density at radius 1 is 1.00 bits per heavy atom. The molecule has 6 nitrogen and oxygen atoms in total. The maximum absolute atomic E-state index is 12.9. The minimum absolute atomic E-state index is 0.260. The van der Waals surface area contributed by atoms with Crippen molar-refractivity contribution in [3.63, 3.8) is 0 Å². The Morgan fingerprint density at radius 2 is 1.75 bits per heavy atom. The van der Waals surface area contributed by atoms with Crippen LogP contribution in [0.1, 0.15) is 56.2 Å². The third-order valence-corrected chi connectivity index (χ3v) is 6.49. The van der Waals surface area contributed by atoms with Gasteiger partial charge < -0.3 is 9.73 Å². The van der Waals surface area contributed by atoms with Crippen molar-refractivity contribution in [2.24, 2.45) is 5.10 Å². The van der Waals surface area contributed by atoms with Crippen molar-refractivity contribution in [3.8, 4) is 0 Å². The van der Waals surface area contributed by atoms with Crippen LogP contribution in [-0.2, 0) is 6.42 Å². The monoisotopic (exact) mass is 557 g/mol. The van der Waals surface area contributed by atoms with Crippen molar-refractivity contribution in [3.05, 3.63) is 85.2 Å². The number of benzene rings is 2. The molecule has 0 saturated carbocycles. The molecular weight excluding hydrogens is 538 g/mol. The molecule has 32 heavy (non-hydrogen) atoms. The third kappa shape index (κ3) is 4.71. The lowest BCUT2D eigenvalue weighted by molar-refractivity contribution is 0.0953. The maximum Gasteiger partial charge on any atom is 0.291 e. The first-order chi connectivity index (χ1) is 15.3. The van der Waals surface area contributed by atoms with E-state index in [9.17, 15) is 9.59 Å². The van der Waals surface area contributed by atoms with Gasteiger partial charge in [0.05, 0.1) is 11.4 Å². The number of rotatable bonds is 4. The number of anilines is 1. The third-order valence-electron chi connectivity index (χ3n) is 5.30. The number of halogens is 2. The lowest BCUT2D eigenvalue weighted by atomic mass is 9.93. The second kappa shape index (κ2) is 9.42. The average molecular weight is 559 g/mol. The van der Waals surface area contributed by atoms with Crippen LogP contribution >= 0.6 is 31.9 Å². The molecule has 0 bridgehead atoms. The number of carbonyl (C=O) groups excluding carboxylic acids is 2. The van der Waals surface area contributed by atoms with Crippen molar-refractivity contribution >= 4 is 55.1 Å². The first kappa shape index (κ1) is 22.5. The molecule has 1 aliphatic rings. The summed E-state index contributed by atoms with van der Waals surface area (Å²) in [5.41, 5.74) is 7.15. The maximum atomic E-state index is 12.9. The highest BCUT2D eigenvalue weighted by Crippen LogP contribution is 2.31. The van der Waals surface area contributed by atoms with Crippen molar-refractivity contribution < 1.29 is 14.0 Å². The number of hydrogen-bond donors (Lipinski definition) is 2.